The first-order valence-electron chi connectivity index (χ1n) is 10.5. The van der Waals surface area contributed by atoms with Crippen LogP contribution in [-0.2, 0) is 12.3 Å². The Kier molecular flexibility index (Phi) is 6.53. The van der Waals surface area contributed by atoms with E-state index in [0.717, 1.165) is 38.6 Å². The zero-order valence-corrected chi connectivity index (χ0v) is 20.6. The minimum atomic E-state index is 0.653. The summed E-state index contributed by atoms with van der Waals surface area (Å²) in [5, 5.41) is 15.4. The fourth-order valence-electron chi connectivity index (χ4n) is 3.70. The maximum absolute atomic E-state index is 4.82. The smallest absolute Gasteiger partial charge is 0.192 e. The highest BCUT2D eigenvalue weighted by Crippen LogP contribution is 2.39. The van der Waals surface area contributed by atoms with Crippen LogP contribution in [0.5, 0.6) is 0 Å². The molecule has 0 bridgehead atoms. The van der Waals surface area contributed by atoms with Gasteiger partial charge < -0.3 is 0 Å². The molecule has 0 N–H and O–H groups in total. The average molecular weight is 487 g/mol. The number of aryl methyl sites for hydroxylation is 1. The summed E-state index contributed by atoms with van der Waals surface area (Å²) in [6.45, 7) is 6.77. The molecule has 0 saturated heterocycles. The highest BCUT2D eigenvalue weighted by molar-refractivity contribution is 7.98. The third-order valence-electron chi connectivity index (χ3n) is 5.23. The lowest BCUT2D eigenvalue weighted by Gasteiger charge is -2.09. The van der Waals surface area contributed by atoms with Crippen LogP contribution in [0.1, 0.15) is 10.6 Å². The third kappa shape index (κ3) is 4.57. The molecule has 4 nitrogen and oxygen atoms in total. The quantitative estimate of drug-likeness (QED) is 0.167. The Morgan fingerprint density at radius 1 is 0.939 bits per heavy atom. The number of thiophene rings is 1. The summed E-state index contributed by atoms with van der Waals surface area (Å²) in [6, 6.07) is 20.8. The summed E-state index contributed by atoms with van der Waals surface area (Å²) < 4.78 is 2.15. The minimum absolute atomic E-state index is 0.653. The molecule has 7 heteroatoms. The van der Waals surface area contributed by atoms with Crippen molar-refractivity contribution in [1.29, 1.82) is 0 Å². The van der Waals surface area contributed by atoms with Crippen LogP contribution in [0.4, 0.5) is 0 Å². The molecule has 0 fully saturated rings. The minimum Gasteiger partial charge on any atom is -0.298 e. The Morgan fingerprint density at radius 2 is 1.67 bits per heavy atom. The van der Waals surface area contributed by atoms with Gasteiger partial charge in [-0.15, -0.1) is 39.4 Å². The summed E-state index contributed by atoms with van der Waals surface area (Å²) in [6.07, 6.45) is 1.90. The summed E-state index contributed by atoms with van der Waals surface area (Å²) in [5.41, 5.74) is 5.74. The Hall–Kier alpha value is -3.00. The van der Waals surface area contributed by atoms with Crippen LogP contribution in [0.3, 0.4) is 0 Å². The fraction of sp³-hybridized carbons (Fsp3) is 0.115. The number of benzene rings is 2. The van der Waals surface area contributed by atoms with Crippen LogP contribution < -0.4 is 0 Å². The maximum Gasteiger partial charge on any atom is 0.192 e. The third-order valence-corrected chi connectivity index (χ3v) is 8.08. The first-order chi connectivity index (χ1) is 16.2. The van der Waals surface area contributed by atoms with E-state index < -0.39 is 0 Å². The zero-order valence-electron chi connectivity index (χ0n) is 18.1. The van der Waals surface area contributed by atoms with E-state index in [1.165, 1.54) is 16.0 Å². The van der Waals surface area contributed by atoms with Gasteiger partial charge in [0.05, 0.1) is 5.69 Å². The number of allylic oxidation sites excluding steroid dienone is 1. The number of thiazole rings is 1. The number of thioether (sulfide) groups is 1. The van der Waals surface area contributed by atoms with Crippen molar-refractivity contribution in [3.63, 3.8) is 0 Å². The van der Waals surface area contributed by atoms with E-state index in [4.69, 9.17) is 4.98 Å². The molecule has 3 heterocycles. The second kappa shape index (κ2) is 9.87. The van der Waals surface area contributed by atoms with Gasteiger partial charge in [0.2, 0.25) is 0 Å². The Labute approximate surface area is 205 Å². The molecule has 3 aromatic heterocycles. The molecule has 33 heavy (non-hydrogen) atoms. The van der Waals surface area contributed by atoms with E-state index in [1.54, 1.807) is 34.4 Å². The molecule has 164 valence electrons. The summed E-state index contributed by atoms with van der Waals surface area (Å²) >= 11 is 5.08. The van der Waals surface area contributed by atoms with Gasteiger partial charge in [-0.2, -0.15) is 0 Å². The predicted octanol–water partition coefficient (Wildman–Crippen LogP) is 7.58. The predicted molar refractivity (Wildman–Crippen MR) is 141 cm³/mol. The molecular weight excluding hydrogens is 465 g/mol. The van der Waals surface area contributed by atoms with Gasteiger partial charge in [-0.3, -0.25) is 4.57 Å². The van der Waals surface area contributed by atoms with Gasteiger partial charge >= 0.3 is 0 Å². The van der Waals surface area contributed by atoms with Crippen LogP contribution in [-0.4, -0.2) is 19.7 Å². The Morgan fingerprint density at radius 3 is 2.39 bits per heavy atom. The normalized spacial score (nSPS) is 11.1. The van der Waals surface area contributed by atoms with E-state index >= 15 is 0 Å². The number of nitrogens with zero attached hydrogens (tertiary/aromatic N) is 4. The lowest BCUT2D eigenvalue weighted by molar-refractivity contribution is 0.731. The highest BCUT2D eigenvalue weighted by atomic mass is 32.2. The van der Waals surface area contributed by atoms with Crippen molar-refractivity contribution in [3.8, 4) is 33.1 Å². The first kappa shape index (κ1) is 21.8. The second-order valence-corrected chi connectivity index (χ2v) is 10.3. The summed E-state index contributed by atoms with van der Waals surface area (Å²) in [4.78, 5) is 6.09. The number of hydrogen-bond acceptors (Lipinski definition) is 6. The van der Waals surface area contributed by atoms with Crippen molar-refractivity contribution < 1.29 is 0 Å². The largest absolute Gasteiger partial charge is 0.298 e. The number of rotatable bonds is 8. The topological polar surface area (TPSA) is 43.6 Å². The van der Waals surface area contributed by atoms with Crippen LogP contribution >= 0.6 is 34.4 Å². The van der Waals surface area contributed by atoms with Gasteiger partial charge in [-0.25, -0.2) is 4.98 Å². The first-order valence-corrected chi connectivity index (χ1v) is 13.3. The lowest BCUT2D eigenvalue weighted by Crippen LogP contribution is -2.01. The maximum atomic E-state index is 4.82. The summed E-state index contributed by atoms with van der Waals surface area (Å²) in [7, 11) is 0. The number of hydrogen-bond donors (Lipinski definition) is 0. The molecule has 0 amide bonds. The van der Waals surface area contributed by atoms with E-state index in [2.05, 4.69) is 75.4 Å². The van der Waals surface area contributed by atoms with Crippen molar-refractivity contribution in [2.75, 3.05) is 0 Å². The molecule has 0 aliphatic carbocycles. The van der Waals surface area contributed by atoms with Gasteiger partial charge in [-0.05, 0) is 12.5 Å². The molecule has 5 rings (SSSR count). The SMILES string of the molecule is C=CCn1c(SCc2csc(-c3ccccc3)n2)nnc1-c1csc(C)c1-c1ccccc1. The van der Waals surface area contributed by atoms with E-state index in [0.29, 0.717) is 6.54 Å². The summed E-state index contributed by atoms with van der Waals surface area (Å²) in [5.74, 6) is 1.62. The van der Waals surface area contributed by atoms with E-state index in [9.17, 15) is 0 Å². The molecule has 2 aromatic carbocycles. The zero-order chi connectivity index (χ0) is 22.6. The van der Waals surface area contributed by atoms with Crippen LogP contribution in [0, 0.1) is 6.92 Å². The standard InChI is InChI=1S/C26H22N4S3/c1-3-14-30-24(22-17-31-18(2)23(22)19-10-6-4-7-11-19)28-29-26(30)33-16-21-15-32-25(27-21)20-12-8-5-9-13-20/h3-13,15,17H,1,14,16H2,2H3. The Balaban J connectivity index is 1.42. The van der Waals surface area contributed by atoms with Crippen molar-refractivity contribution in [2.24, 2.45) is 0 Å². The molecule has 0 aliphatic heterocycles. The van der Waals surface area contributed by atoms with Gasteiger partial charge in [0.1, 0.15) is 5.01 Å². The van der Waals surface area contributed by atoms with Gasteiger partial charge in [0.25, 0.3) is 0 Å². The van der Waals surface area contributed by atoms with Crippen molar-refractivity contribution in [3.05, 3.63) is 94.6 Å². The highest BCUT2D eigenvalue weighted by Gasteiger charge is 2.20. The molecule has 0 spiro atoms. The fourth-order valence-corrected chi connectivity index (χ4v) is 6.33. The van der Waals surface area contributed by atoms with Gasteiger partial charge in [0.15, 0.2) is 11.0 Å². The van der Waals surface area contributed by atoms with Gasteiger partial charge in [0, 0.05) is 44.6 Å². The second-order valence-electron chi connectivity index (χ2n) is 7.45. The Bertz CT molecular complexity index is 1370. The van der Waals surface area contributed by atoms with Crippen LogP contribution in [0.2, 0.25) is 0 Å². The van der Waals surface area contributed by atoms with Crippen molar-refractivity contribution in [1.82, 2.24) is 19.7 Å². The van der Waals surface area contributed by atoms with Crippen molar-refractivity contribution >= 4 is 34.4 Å². The molecule has 0 aliphatic rings. The van der Waals surface area contributed by atoms with Gasteiger partial charge in [-0.1, -0.05) is 78.5 Å². The van der Waals surface area contributed by atoms with E-state index in [-0.39, 0.29) is 0 Å². The number of aromatic nitrogens is 4. The van der Waals surface area contributed by atoms with Crippen molar-refractivity contribution in [2.45, 2.75) is 24.4 Å². The monoisotopic (exact) mass is 486 g/mol. The molecule has 5 aromatic rings. The van der Waals surface area contributed by atoms with Crippen LogP contribution in [0.15, 0.2) is 89.2 Å². The van der Waals surface area contributed by atoms with Crippen LogP contribution in [0.25, 0.3) is 33.1 Å². The molecule has 0 saturated carbocycles. The average Bonchev–Trinajstić information content (AvgIpc) is 3.58. The molecular formula is C26H22N4S3. The molecule has 0 radical (unpaired) electrons. The lowest BCUT2D eigenvalue weighted by atomic mass is 10.0. The molecule has 0 unspecified atom stereocenters. The molecule has 0 atom stereocenters. The van der Waals surface area contributed by atoms with E-state index in [1.807, 2.05) is 30.3 Å².